The topological polar surface area (TPSA) is 38.3 Å². The van der Waals surface area contributed by atoms with Crippen molar-refractivity contribution in [1.82, 2.24) is 5.32 Å². The van der Waals surface area contributed by atoms with E-state index >= 15 is 0 Å². The predicted octanol–water partition coefficient (Wildman–Crippen LogP) is 3.28. The van der Waals surface area contributed by atoms with Crippen LogP contribution in [0.5, 0.6) is 0 Å². The molecule has 1 amide bonds. The highest BCUT2D eigenvalue weighted by atomic mass is 16.5. The van der Waals surface area contributed by atoms with Crippen LogP contribution in [-0.4, -0.2) is 24.2 Å². The van der Waals surface area contributed by atoms with Gasteiger partial charge in [0.1, 0.15) is 6.61 Å². The van der Waals surface area contributed by atoms with Gasteiger partial charge in [-0.25, -0.2) is 0 Å². The summed E-state index contributed by atoms with van der Waals surface area (Å²) in [5.74, 6) is 0.699. The van der Waals surface area contributed by atoms with Crippen molar-refractivity contribution in [2.24, 2.45) is 5.92 Å². The van der Waals surface area contributed by atoms with Crippen molar-refractivity contribution in [1.29, 1.82) is 0 Å². The zero-order valence-corrected chi connectivity index (χ0v) is 12.4. The molecule has 1 atom stereocenters. The molecule has 0 saturated heterocycles. The average Bonchev–Trinajstić information content (AvgIpc) is 2.33. The molecule has 1 N–H and O–H groups in total. The van der Waals surface area contributed by atoms with Gasteiger partial charge in [0.05, 0.1) is 5.60 Å². The number of carbonyl (C=O) groups is 1. The molecule has 0 aromatic carbocycles. The lowest BCUT2D eigenvalue weighted by atomic mass is 9.83. The van der Waals surface area contributed by atoms with Crippen LogP contribution >= 0.6 is 0 Å². The third kappa shape index (κ3) is 5.85. The Morgan fingerprint density at radius 1 is 1.28 bits per heavy atom. The van der Waals surface area contributed by atoms with Gasteiger partial charge in [-0.1, -0.05) is 26.2 Å². The smallest absolute Gasteiger partial charge is 0.246 e. The molecule has 0 aliphatic heterocycles. The molecule has 3 heteroatoms. The highest BCUT2D eigenvalue weighted by molar-refractivity contribution is 5.77. The molecule has 1 fully saturated rings. The van der Waals surface area contributed by atoms with Crippen LogP contribution in [0.1, 0.15) is 66.2 Å². The number of nitrogens with one attached hydrogen (secondary N) is 1. The summed E-state index contributed by atoms with van der Waals surface area (Å²) < 4.78 is 5.51. The molecule has 0 heterocycles. The standard InChI is InChI=1S/C15H29NO2/c1-5-13(12-9-7-6-8-10-12)16-14(17)11-18-15(2,3)4/h12-13H,5-11H2,1-4H3,(H,16,17). The summed E-state index contributed by atoms with van der Waals surface area (Å²) in [6.07, 6.45) is 7.53. The summed E-state index contributed by atoms with van der Waals surface area (Å²) in [6, 6.07) is 0.335. The van der Waals surface area contributed by atoms with E-state index in [-0.39, 0.29) is 18.1 Å². The van der Waals surface area contributed by atoms with Gasteiger partial charge >= 0.3 is 0 Å². The third-order valence-corrected chi connectivity index (χ3v) is 3.64. The van der Waals surface area contributed by atoms with Crippen molar-refractivity contribution in [2.75, 3.05) is 6.61 Å². The van der Waals surface area contributed by atoms with Crippen LogP contribution in [0, 0.1) is 5.92 Å². The van der Waals surface area contributed by atoms with Gasteiger partial charge in [-0.05, 0) is 46.0 Å². The Kier molecular flexibility index (Phi) is 6.13. The molecular weight excluding hydrogens is 226 g/mol. The molecule has 3 nitrogen and oxygen atoms in total. The van der Waals surface area contributed by atoms with E-state index in [4.69, 9.17) is 4.74 Å². The van der Waals surface area contributed by atoms with E-state index in [9.17, 15) is 4.79 Å². The fourth-order valence-corrected chi connectivity index (χ4v) is 2.62. The van der Waals surface area contributed by atoms with Gasteiger partial charge in [-0.3, -0.25) is 4.79 Å². The number of hydrogen-bond donors (Lipinski definition) is 1. The van der Waals surface area contributed by atoms with Gasteiger partial charge in [-0.15, -0.1) is 0 Å². The minimum Gasteiger partial charge on any atom is -0.366 e. The first-order chi connectivity index (χ1) is 8.42. The molecule has 0 spiro atoms. The molecule has 1 aliphatic carbocycles. The third-order valence-electron chi connectivity index (χ3n) is 3.64. The van der Waals surface area contributed by atoms with Crippen LogP contribution in [0.2, 0.25) is 0 Å². The Morgan fingerprint density at radius 2 is 1.89 bits per heavy atom. The Bertz CT molecular complexity index is 252. The van der Waals surface area contributed by atoms with Crippen LogP contribution in [0.4, 0.5) is 0 Å². The molecule has 1 aliphatic rings. The predicted molar refractivity (Wildman–Crippen MR) is 74.5 cm³/mol. The van der Waals surface area contributed by atoms with Gasteiger partial charge < -0.3 is 10.1 Å². The second kappa shape index (κ2) is 7.13. The van der Waals surface area contributed by atoms with E-state index in [1.807, 2.05) is 20.8 Å². The quantitative estimate of drug-likeness (QED) is 0.818. The SMILES string of the molecule is CCC(NC(=O)COC(C)(C)C)C1CCCCC1. The first-order valence-electron chi connectivity index (χ1n) is 7.35. The maximum Gasteiger partial charge on any atom is 0.246 e. The summed E-state index contributed by atoms with van der Waals surface area (Å²) in [6.45, 7) is 8.24. The largest absolute Gasteiger partial charge is 0.366 e. The number of rotatable bonds is 5. The minimum atomic E-state index is -0.246. The number of ether oxygens (including phenoxy) is 1. The number of amides is 1. The van der Waals surface area contributed by atoms with Crippen molar-refractivity contribution in [3.8, 4) is 0 Å². The van der Waals surface area contributed by atoms with Crippen molar-refractivity contribution >= 4 is 5.91 Å². The lowest BCUT2D eigenvalue weighted by molar-refractivity contribution is -0.131. The van der Waals surface area contributed by atoms with Crippen LogP contribution in [0.25, 0.3) is 0 Å². The van der Waals surface area contributed by atoms with Crippen molar-refractivity contribution in [3.63, 3.8) is 0 Å². The Hall–Kier alpha value is -0.570. The first-order valence-corrected chi connectivity index (χ1v) is 7.35. The highest BCUT2D eigenvalue weighted by Crippen LogP contribution is 2.27. The van der Waals surface area contributed by atoms with Gasteiger partial charge in [-0.2, -0.15) is 0 Å². The molecule has 18 heavy (non-hydrogen) atoms. The van der Waals surface area contributed by atoms with E-state index in [1.54, 1.807) is 0 Å². The van der Waals surface area contributed by atoms with E-state index in [0.717, 1.165) is 6.42 Å². The van der Waals surface area contributed by atoms with E-state index in [2.05, 4.69) is 12.2 Å². The van der Waals surface area contributed by atoms with Gasteiger partial charge in [0.2, 0.25) is 5.91 Å². The maximum atomic E-state index is 11.9. The zero-order chi connectivity index (χ0) is 13.6. The normalized spacial score (nSPS) is 19.6. The molecule has 0 aromatic rings. The summed E-state index contributed by atoms with van der Waals surface area (Å²) in [7, 11) is 0. The van der Waals surface area contributed by atoms with Crippen LogP contribution in [0.15, 0.2) is 0 Å². The van der Waals surface area contributed by atoms with E-state index in [1.165, 1.54) is 32.1 Å². The summed E-state index contributed by atoms with van der Waals surface area (Å²) in [4.78, 5) is 11.9. The lowest BCUT2D eigenvalue weighted by Gasteiger charge is -2.30. The molecule has 0 radical (unpaired) electrons. The Balaban J connectivity index is 2.35. The van der Waals surface area contributed by atoms with Crippen LogP contribution in [0.3, 0.4) is 0 Å². The summed E-state index contributed by atoms with van der Waals surface area (Å²) in [5, 5.41) is 3.15. The molecule has 106 valence electrons. The van der Waals surface area contributed by atoms with Crippen molar-refractivity contribution in [2.45, 2.75) is 77.9 Å². The monoisotopic (exact) mass is 255 g/mol. The second-order valence-electron chi connectivity index (χ2n) is 6.38. The summed E-state index contributed by atoms with van der Waals surface area (Å²) >= 11 is 0. The lowest BCUT2D eigenvalue weighted by Crippen LogP contribution is -2.43. The number of carbonyl (C=O) groups excluding carboxylic acids is 1. The Morgan fingerprint density at radius 3 is 2.39 bits per heavy atom. The van der Waals surface area contributed by atoms with E-state index < -0.39 is 0 Å². The number of hydrogen-bond acceptors (Lipinski definition) is 2. The fourth-order valence-electron chi connectivity index (χ4n) is 2.62. The highest BCUT2D eigenvalue weighted by Gasteiger charge is 2.24. The molecule has 1 rings (SSSR count). The van der Waals surface area contributed by atoms with Crippen LogP contribution in [-0.2, 0) is 9.53 Å². The minimum absolute atomic E-state index is 0.0300. The molecule has 0 aromatic heterocycles. The zero-order valence-electron chi connectivity index (χ0n) is 12.4. The van der Waals surface area contributed by atoms with Gasteiger partial charge in [0.15, 0.2) is 0 Å². The van der Waals surface area contributed by atoms with E-state index in [0.29, 0.717) is 12.0 Å². The fraction of sp³-hybridized carbons (Fsp3) is 0.933. The maximum absolute atomic E-state index is 11.9. The van der Waals surface area contributed by atoms with Gasteiger partial charge in [0, 0.05) is 6.04 Å². The van der Waals surface area contributed by atoms with Crippen LogP contribution < -0.4 is 5.32 Å². The van der Waals surface area contributed by atoms with Gasteiger partial charge in [0.25, 0.3) is 0 Å². The first kappa shape index (κ1) is 15.5. The van der Waals surface area contributed by atoms with Crippen molar-refractivity contribution in [3.05, 3.63) is 0 Å². The molecule has 1 saturated carbocycles. The molecular formula is C15H29NO2. The average molecular weight is 255 g/mol. The molecule has 0 bridgehead atoms. The second-order valence-corrected chi connectivity index (χ2v) is 6.38. The Labute approximate surface area is 112 Å². The summed E-state index contributed by atoms with van der Waals surface area (Å²) in [5.41, 5.74) is -0.246. The molecule has 1 unspecified atom stereocenters. The van der Waals surface area contributed by atoms with Crippen molar-refractivity contribution < 1.29 is 9.53 Å².